The molecule has 0 unspecified atom stereocenters. The number of likely N-dealkylation sites (N-methyl/N-ethyl adjacent to an activating group) is 1. The quantitative estimate of drug-likeness (QED) is 0.759. The monoisotopic (exact) mass is 220 g/mol. The van der Waals surface area contributed by atoms with E-state index in [-0.39, 0.29) is 0 Å². The Bertz CT molecular complexity index is 267. The topological polar surface area (TPSA) is 15.3 Å². The Morgan fingerprint density at radius 3 is 2.31 bits per heavy atom. The van der Waals surface area contributed by atoms with Crippen molar-refractivity contribution in [2.24, 2.45) is 0 Å². The van der Waals surface area contributed by atoms with Crippen molar-refractivity contribution in [2.75, 3.05) is 19.6 Å². The predicted molar refractivity (Wildman–Crippen MR) is 70.5 cm³/mol. The molecule has 2 heteroatoms. The van der Waals surface area contributed by atoms with Crippen LogP contribution in [-0.4, -0.2) is 30.6 Å². The Morgan fingerprint density at radius 2 is 1.75 bits per heavy atom. The molecule has 0 saturated carbocycles. The molecule has 0 fully saturated rings. The van der Waals surface area contributed by atoms with Crippen molar-refractivity contribution in [3.8, 4) is 0 Å². The largest absolute Gasteiger partial charge is 0.311 e. The first kappa shape index (κ1) is 13.2. The molecule has 0 aromatic heterocycles. The predicted octanol–water partition coefficient (Wildman–Crippen LogP) is 2.51. The molecular formula is C14H24N2. The van der Waals surface area contributed by atoms with Gasteiger partial charge >= 0.3 is 0 Å². The second-order valence-electron chi connectivity index (χ2n) is 4.19. The highest BCUT2D eigenvalue weighted by atomic mass is 15.2. The summed E-state index contributed by atoms with van der Waals surface area (Å²) < 4.78 is 0. The van der Waals surface area contributed by atoms with Crippen LogP contribution in [0.2, 0.25) is 0 Å². The highest BCUT2D eigenvalue weighted by molar-refractivity contribution is 5.14. The van der Waals surface area contributed by atoms with Gasteiger partial charge in [0.15, 0.2) is 0 Å². The summed E-state index contributed by atoms with van der Waals surface area (Å²) in [7, 11) is 0. The summed E-state index contributed by atoms with van der Waals surface area (Å²) >= 11 is 0. The molecule has 0 heterocycles. The van der Waals surface area contributed by atoms with Gasteiger partial charge in [-0.2, -0.15) is 0 Å². The fourth-order valence-corrected chi connectivity index (χ4v) is 2.00. The molecular weight excluding hydrogens is 196 g/mol. The van der Waals surface area contributed by atoms with Crippen LogP contribution in [0.1, 0.15) is 26.3 Å². The molecule has 0 amide bonds. The van der Waals surface area contributed by atoms with Crippen molar-refractivity contribution < 1.29 is 0 Å². The molecule has 0 aliphatic rings. The van der Waals surface area contributed by atoms with E-state index in [1.54, 1.807) is 0 Å². The lowest BCUT2D eigenvalue weighted by Gasteiger charge is -2.26. The second kappa shape index (κ2) is 7.42. The Labute approximate surface area is 99.7 Å². The smallest absolute Gasteiger partial charge is 0.0206 e. The Balaban J connectivity index is 2.25. The van der Waals surface area contributed by atoms with Gasteiger partial charge in [-0.1, -0.05) is 44.2 Å². The minimum atomic E-state index is 0.610. The van der Waals surface area contributed by atoms with Crippen molar-refractivity contribution >= 4 is 0 Å². The average Bonchev–Trinajstić information content (AvgIpc) is 2.32. The van der Waals surface area contributed by atoms with Crippen molar-refractivity contribution in [3.05, 3.63) is 35.9 Å². The number of benzene rings is 1. The minimum absolute atomic E-state index is 0.610. The zero-order valence-corrected chi connectivity index (χ0v) is 10.7. The van der Waals surface area contributed by atoms with E-state index in [1.165, 1.54) is 5.56 Å². The maximum Gasteiger partial charge on any atom is 0.0206 e. The third-order valence-electron chi connectivity index (χ3n) is 3.05. The van der Waals surface area contributed by atoms with Gasteiger partial charge in [-0.15, -0.1) is 0 Å². The van der Waals surface area contributed by atoms with Gasteiger partial charge in [-0.3, -0.25) is 4.90 Å². The maximum atomic E-state index is 3.51. The molecule has 16 heavy (non-hydrogen) atoms. The summed E-state index contributed by atoms with van der Waals surface area (Å²) in [6, 6.07) is 11.2. The number of hydrogen-bond acceptors (Lipinski definition) is 2. The maximum absolute atomic E-state index is 3.51. The molecule has 0 aliphatic heterocycles. The molecule has 1 rings (SSSR count). The van der Waals surface area contributed by atoms with Crippen molar-refractivity contribution in [2.45, 2.75) is 33.4 Å². The number of hydrogen-bond donors (Lipinski definition) is 1. The molecule has 90 valence electrons. The zero-order valence-electron chi connectivity index (χ0n) is 10.7. The summed E-state index contributed by atoms with van der Waals surface area (Å²) in [5.41, 5.74) is 1.36. The molecule has 1 aromatic carbocycles. The van der Waals surface area contributed by atoms with Gasteiger partial charge in [-0.05, 0) is 25.6 Å². The van der Waals surface area contributed by atoms with Gasteiger partial charge in [0, 0.05) is 19.1 Å². The van der Waals surface area contributed by atoms with Crippen LogP contribution in [0.25, 0.3) is 0 Å². The summed E-state index contributed by atoms with van der Waals surface area (Å²) in [6.45, 7) is 11.0. The molecule has 0 aliphatic carbocycles. The van der Waals surface area contributed by atoms with Crippen molar-refractivity contribution in [3.63, 3.8) is 0 Å². The molecule has 1 atom stereocenters. The molecule has 2 nitrogen and oxygen atoms in total. The summed E-state index contributed by atoms with van der Waals surface area (Å²) in [6.07, 6.45) is 0. The summed E-state index contributed by atoms with van der Waals surface area (Å²) in [5.74, 6) is 0. The second-order valence-corrected chi connectivity index (χ2v) is 4.19. The standard InChI is InChI=1S/C14H24N2/c1-4-16(5-2)13(3)11-15-12-14-9-7-6-8-10-14/h6-10,13,15H,4-5,11-12H2,1-3H3/t13-/m0/s1. The first-order valence-electron chi connectivity index (χ1n) is 6.26. The van der Waals surface area contributed by atoms with E-state index in [2.05, 4.69) is 61.3 Å². The number of nitrogens with zero attached hydrogens (tertiary/aromatic N) is 1. The normalized spacial score (nSPS) is 13.0. The van der Waals surface area contributed by atoms with Gasteiger partial charge in [-0.25, -0.2) is 0 Å². The molecule has 0 bridgehead atoms. The van der Waals surface area contributed by atoms with Crippen LogP contribution < -0.4 is 5.32 Å². The Kier molecular flexibility index (Phi) is 6.12. The van der Waals surface area contributed by atoms with E-state index in [9.17, 15) is 0 Å². The molecule has 1 N–H and O–H groups in total. The highest BCUT2D eigenvalue weighted by Gasteiger charge is 2.08. The van der Waals surface area contributed by atoms with Crippen LogP contribution in [-0.2, 0) is 6.54 Å². The third-order valence-corrected chi connectivity index (χ3v) is 3.05. The van der Waals surface area contributed by atoms with Crippen molar-refractivity contribution in [1.29, 1.82) is 0 Å². The number of nitrogens with one attached hydrogen (secondary N) is 1. The van der Waals surface area contributed by atoms with Crippen LogP contribution in [0.3, 0.4) is 0 Å². The molecule has 0 saturated heterocycles. The Hall–Kier alpha value is -0.860. The fraction of sp³-hybridized carbons (Fsp3) is 0.571. The van der Waals surface area contributed by atoms with Crippen LogP contribution in [0.5, 0.6) is 0 Å². The molecule has 1 aromatic rings. The van der Waals surface area contributed by atoms with E-state index >= 15 is 0 Å². The van der Waals surface area contributed by atoms with Crippen LogP contribution in [0.15, 0.2) is 30.3 Å². The van der Waals surface area contributed by atoms with Crippen LogP contribution >= 0.6 is 0 Å². The third kappa shape index (κ3) is 4.33. The lowest BCUT2D eigenvalue weighted by Crippen LogP contribution is -2.39. The molecule has 0 radical (unpaired) electrons. The van der Waals surface area contributed by atoms with Gasteiger partial charge < -0.3 is 5.32 Å². The van der Waals surface area contributed by atoms with Gasteiger partial charge in [0.2, 0.25) is 0 Å². The minimum Gasteiger partial charge on any atom is -0.311 e. The highest BCUT2D eigenvalue weighted by Crippen LogP contribution is 1.99. The fourth-order valence-electron chi connectivity index (χ4n) is 2.00. The summed E-state index contributed by atoms with van der Waals surface area (Å²) in [4.78, 5) is 2.47. The first-order chi connectivity index (χ1) is 7.77. The lowest BCUT2D eigenvalue weighted by atomic mass is 10.2. The zero-order chi connectivity index (χ0) is 11.8. The van der Waals surface area contributed by atoms with E-state index in [1.807, 2.05) is 0 Å². The van der Waals surface area contributed by atoms with Crippen LogP contribution in [0, 0.1) is 0 Å². The summed E-state index contributed by atoms with van der Waals surface area (Å²) in [5, 5.41) is 3.51. The van der Waals surface area contributed by atoms with E-state index in [0.29, 0.717) is 6.04 Å². The van der Waals surface area contributed by atoms with Crippen LogP contribution in [0.4, 0.5) is 0 Å². The first-order valence-corrected chi connectivity index (χ1v) is 6.26. The Morgan fingerprint density at radius 1 is 1.12 bits per heavy atom. The number of rotatable bonds is 7. The average molecular weight is 220 g/mol. The van der Waals surface area contributed by atoms with Gasteiger partial charge in [0.25, 0.3) is 0 Å². The van der Waals surface area contributed by atoms with Crippen molar-refractivity contribution in [1.82, 2.24) is 10.2 Å². The lowest BCUT2D eigenvalue weighted by molar-refractivity contribution is 0.225. The van der Waals surface area contributed by atoms with Gasteiger partial charge in [0.05, 0.1) is 0 Å². The van der Waals surface area contributed by atoms with E-state index < -0.39 is 0 Å². The molecule has 0 spiro atoms. The van der Waals surface area contributed by atoms with Gasteiger partial charge in [0.1, 0.15) is 0 Å². The van der Waals surface area contributed by atoms with E-state index in [0.717, 1.165) is 26.2 Å². The SMILES string of the molecule is CCN(CC)[C@@H](C)CNCc1ccccc1. The van der Waals surface area contributed by atoms with E-state index in [4.69, 9.17) is 0 Å².